The molecule has 0 aliphatic rings. The van der Waals surface area contributed by atoms with E-state index in [0.29, 0.717) is 0 Å². The Hall–Kier alpha value is -1.84. The van der Waals surface area contributed by atoms with E-state index in [9.17, 15) is 9.59 Å². The molecule has 4 nitrogen and oxygen atoms in total. The predicted molar refractivity (Wildman–Crippen MR) is 51.9 cm³/mol. The van der Waals surface area contributed by atoms with E-state index in [1.807, 2.05) is 6.92 Å². The highest BCUT2D eigenvalue weighted by Crippen LogP contribution is 2.08. The minimum absolute atomic E-state index is 0.304. The van der Waals surface area contributed by atoms with Crippen LogP contribution in [0.15, 0.2) is 36.0 Å². The van der Waals surface area contributed by atoms with Crippen molar-refractivity contribution < 1.29 is 19.8 Å². The number of hydrogen-bond acceptors (Lipinski definition) is 2. The van der Waals surface area contributed by atoms with Crippen LogP contribution in [0.3, 0.4) is 0 Å². The third-order valence-electron chi connectivity index (χ3n) is 1.45. The van der Waals surface area contributed by atoms with Crippen LogP contribution < -0.4 is 0 Å². The van der Waals surface area contributed by atoms with Gasteiger partial charge in [-0.1, -0.05) is 25.7 Å². The van der Waals surface area contributed by atoms with Gasteiger partial charge in [-0.3, -0.25) is 0 Å². The number of hydrogen-bond donors (Lipinski definition) is 2. The summed E-state index contributed by atoms with van der Waals surface area (Å²) >= 11 is 0. The molecule has 0 unspecified atom stereocenters. The van der Waals surface area contributed by atoms with Crippen molar-refractivity contribution in [2.45, 2.75) is 13.3 Å². The SMILES string of the molecule is C=C(C(=O)O)/C(=C\C=C/CC)C(=O)O. The molecule has 0 saturated carbocycles. The van der Waals surface area contributed by atoms with Gasteiger partial charge in [-0.25, -0.2) is 9.59 Å². The zero-order valence-corrected chi connectivity index (χ0v) is 7.86. The summed E-state index contributed by atoms with van der Waals surface area (Å²) in [6.45, 7) is 5.06. The van der Waals surface area contributed by atoms with Crippen LogP contribution >= 0.6 is 0 Å². The quantitative estimate of drug-likeness (QED) is 0.517. The molecule has 0 amide bonds. The van der Waals surface area contributed by atoms with Crippen LogP contribution in [-0.4, -0.2) is 22.2 Å². The molecule has 0 aromatic rings. The monoisotopic (exact) mass is 196 g/mol. The average Bonchev–Trinajstić information content (AvgIpc) is 2.10. The van der Waals surface area contributed by atoms with Crippen molar-refractivity contribution in [3.63, 3.8) is 0 Å². The predicted octanol–water partition coefficient (Wildman–Crippen LogP) is 1.60. The maximum absolute atomic E-state index is 10.6. The van der Waals surface area contributed by atoms with E-state index in [1.165, 1.54) is 12.2 Å². The van der Waals surface area contributed by atoms with Gasteiger partial charge in [-0.2, -0.15) is 0 Å². The largest absolute Gasteiger partial charge is 0.478 e. The molecule has 0 rings (SSSR count). The second kappa shape index (κ2) is 5.75. The fourth-order valence-electron chi connectivity index (χ4n) is 0.717. The Balaban J connectivity index is 4.86. The van der Waals surface area contributed by atoms with Gasteiger partial charge >= 0.3 is 11.9 Å². The van der Waals surface area contributed by atoms with E-state index >= 15 is 0 Å². The summed E-state index contributed by atoms with van der Waals surface area (Å²) in [5.41, 5.74) is -0.722. The molecule has 0 aromatic carbocycles. The molecule has 14 heavy (non-hydrogen) atoms. The molecule has 0 aliphatic carbocycles. The first-order valence-electron chi connectivity index (χ1n) is 4.03. The molecule has 4 heteroatoms. The third-order valence-corrected chi connectivity index (χ3v) is 1.45. The van der Waals surface area contributed by atoms with Gasteiger partial charge in [0.25, 0.3) is 0 Å². The number of carbonyl (C=O) groups is 2. The smallest absolute Gasteiger partial charge is 0.336 e. The van der Waals surface area contributed by atoms with Crippen LogP contribution in [-0.2, 0) is 9.59 Å². The third kappa shape index (κ3) is 3.71. The Bertz CT molecular complexity index is 310. The summed E-state index contributed by atoms with van der Waals surface area (Å²) in [6.07, 6.45) is 5.20. The topological polar surface area (TPSA) is 74.6 Å². The van der Waals surface area contributed by atoms with Gasteiger partial charge in [-0.15, -0.1) is 0 Å². The fraction of sp³-hybridized carbons (Fsp3) is 0.200. The van der Waals surface area contributed by atoms with Crippen LogP contribution in [0.4, 0.5) is 0 Å². The van der Waals surface area contributed by atoms with Crippen LogP contribution in [0.5, 0.6) is 0 Å². The van der Waals surface area contributed by atoms with Crippen LogP contribution in [0.1, 0.15) is 13.3 Å². The number of carboxylic acid groups (broad SMARTS) is 2. The first kappa shape index (κ1) is 12.2. The lowest BCUT2D eigenvalue weighted by molar-refractivity contribution is -0.136. The van der Waals surface area contributed by atoms with Crippen molar-refractivity contribution >= 4 is 11.9 Å². The van der Waals surface area contributed by atoms with Crippen LogP contribution in [0.25, 0.3) is 0 Å². The minimum Gasteiger partial charge on any atom is -0.478 e. The van der Waals surface area contributed by atoms with E-state index in [4.69, 9.17) is 10.2 Å². The Morgan fingerprint density at radius 2 is 1.86 bits per heavy atom. The van der Waals surface area contributed by atoms with Gasteiger partial charge in [-0.05, 0) is 12.5 Å². The fourth-order valence-corrected chi connectivity index (χ4v) is 0.717. The number of aliphatic carboxylic acids is 2. The van der Waals surface area contributed by atoms with E-state index in [2.05, 4.69) is 6.58 Å². The molecule has 0 bridgehead atoms. The minimum atomic E-state index is -1.33. The first-order chi connectivity index (χ1) is 6.50. The lowest BCUT2D eigenvalue weighted by Crippen LogP contribution is -2.09. The molecule has 0 aromatic heterocycles. The van der Waals surface area contributed by atoms with Crippen molar-refractivity contribution in [1.29, 1.82) is 0 Å². The van der Waals surface area contributed by atoms with Crippen molar-refractivity contribution in [2.75, 3.05) is 0 Å². The Kier molecular flexibility index (Phi) is 4.99. The maximum atomic E-state index is 10.6. The summed E-state index contributed by atoms with van der Waals surface area (Å²) in [5.74, 6) is -2.62. The molecule has 2 N–H and O–H groups in total. The molecular weight excluding hydrogens is 184 g/mol. The highest BCUT2D eigenvalue weighted by molar-refractivity contribution is 6.05. The highest BCUT2D eigenvalue weighted by Gasteiger charge is 2.15. The van der Waals surface area contributed by atoms with E-state index < -0.39 is 17.5 Å². The van der Waals surface area contributed by atoms with Gasteiger partial charge in [0.1, 0.15) is 0 Å². The second-order valence-electron chi connectivity index (χ2n) is 2.51. The summed E-state index contributed by atoms with van der Waals surface area (Å²) < 4.78 is 0. The van der Waals surface area contributed by atoms with Crippen molar-refractivity contribution in [3.8, 4) is 0 Å². The lowest BCUT2D eigenvalue weighted by Gasteiger charge is -1.99. The first-order valence-corrected chi connectivity index (χ1v) is 4.03. The zero-order valence-electron chi connectivity index (χ0n) is 7.86. The average molecular weight is 196 g/mol. The van der Waals surface area contributed by atoms with Crippen LogP contribution in [0, 0.1) is 0 Å². The maximum Gasteiger partial charge on any atom is 0.336 e. The molecule has 0 atom stereocenters. The van der Waals surface area contributed by atoms with Gasteiger partial charge in [0.2, 0.25) is 0 Å². The van der Waals surface area contributed by atoms with Gasteiger partial charge in [0, 0.05) is 0 Å². The molecule has 76 valence electrons. The van der Waals surface area contributed by atoms with E-state index in [1.54, 1.807) is 6.08 Å². The molecule has 0 heterocycles. The Morgan fingerprint density at radius 3 is 2.21 bits per heavy atom. The number of rotatable bonds is 5. The Labute approximate surface area is 81.9 Å². The van der Waals surface area contributed by atoms with Crippen LogP contribution in [0.2, 0.25) is 0 Å². The lowest BCUT2D eigenvalue weighted by atomic mass is 10.1. The van der Waals surface area contributed by atoms with E-state index in [-0.39, 0.29) is 5.57 Å². The summed E-state index contributed by atoms with van der Waals surface area (Å²) in [5, 5.41) is 17.2. The van der Waals surface area contributed by atoms with E-state index in [0.717, 1.165) is 6.42 Å². The van der Waals surface area contributed by atoms with Crippen molar-refractivity contribution in [3.05, 3.63) is 36.0 Å². The Morgan fingerprint density at radius 1 is 1.29 bits per heavy atom. The molecule has 0 fully saturated rings. The molecule has 0 saturated heterocycles. The molecular formula is C10H12O4. The van der Waals surface area contributed by atoms with Gasteiger partial charge < -0.3 is 10.2 Å². The zero-order chi connectivity index (χ0) is 11.1. The summed E-state index contributed by atoms with van der Waals surface area (Å²) in [7, 11) is 0. The summed E-state index contributed by atoms with van der Waals surface area (Å²) in [6, 6.07) is 0. The number of allylic oxidation sites excluding steroid dienone is 3. The summed E-state index contributed by atoms with van der Waals surface area (Å²) in [4.78, 5) is 21.1. The van der Waals surface area contributed by atoms with Crippen molar-refractivity contribution in [1.82, 2.24) is 0 Å². The molecule has 0 spiro atoms. The second-order valence-corrected chi connectivity index (χ2v) is 2.51. The molecule has 0 aliphatic heterocycles. The van der Waals surface area contributed by atoms with Gasteiger partial charge in [0.05, 0.1) is 11.1 Å². The molecule has 0 radical (unpaired) electrons. The van der Waals surface area contributed by atoms with Crippen molar-refractivity contribution in [2.24, 2.45) is 0 Å². The number of carboxylic acids is 2. The van der Waals surface area contributed by atoms with Gasteiger partial charge in [0.15, 0.2) is 0 Å². The highest BCUT2D eigenvalue weighted by atomic mass is 16.4. The normalized spacial score (nSPS) is 11.6. The standard InChI is InChI=1S/C10H12O4/c1-3-4-5-6-8(10(13)14)7(2)9(11)12/h4-6H,2-3H2,1H3,(H,11,12)(H,13,14)/b5-4-,8-6+.